The summed E-state index contributed by atoms with van der Waals surface area (Å²) in [4.78, 5) is 44.1. The van der Waals surface area contributed by atoms with E-state index in [1.165, 1.54) is 0 Å². The van der Waals surface area contributed by atoms with Crippen LogP contribution < -0.4 is 11.1 Å². The molecule has 1 heterocycles. The van der Waals surface area contributed by atoms with Crippen LogP contribution in [0.2, 0.25) is 15.1 Å². The summed E-state index contributed by atoms with van der Waals surface area (Å²) < 4.78 is 0. The zero-order chi connectivity index (χ0) is 30.4. The molecule has 1 saturated heterocycles. The number of nitrogens with two attached hydrogens (primary N) is 1. The van der Waals surface area contributed by atoms with Crippen LogP contribution in [0.15, 0.2) is 71.7 Å². The number of carbonyl (C=O) groups is 3. The number of aliphatic carboxylic acids is 1. The number of carboxylic acids is 1. The van der Waals surface area contributed by atoms with E-state index in [0.29, 0.717) is 57.1 Å². The fourth-order valence-corrected chi connectivity index (χ4v) is 5.53. The molecular formula is C31H31Cl3N4O4. The zero-order valence-electron chi connectivity index (χ0n) is 22.9. The first-order valence-corrected chi connectivity index (χ1v) is 14.6. The minimum Gasteiger partial charge on any atom is -0.480 e. The van der Waals surface area contributed by atoms with Gasteiger partial charge >= 0.3 is 5.97 Å². The van der Waals surface area contributed by atoms with Gasteiger partial charge in [-0.1, -0.05) is 71.2 Å². The smallest absolute Gasteiger partial charge is 0.328 e. The highest BCUT2D eigenvalue weighted by Crippen LogP contribution is 2.34. The third-order valence-electron chi connectivity index (χ3n) is 7.40. The molecular weight excluding hydrogens is 599 g/mol. The van der Waals surface area contributed by atoms with Gasteiger partial charge < -0.3 is 16.2 Å². The van der Waals surface area contributed by atoms with Crippen LogP contribution >= 0.6 is 34.8 Å². The first kappa shape index (κ1) is 31.5. The molecule has 8 nitrogen and oxygen atoms in total. The number of halogens is 3. The minimum absolute atomic E-state index is 0.0784. The van der Waals surface area contributed by atoms with Crippen molar-refractivity contribution >= 4 is 64.0 Å². The number of benzene rings is 3. The lowest BCUT2D eigenvalue weighted by Crippen LogP contribution is -2.50. The Balaban J connectivity index is 1.70. The molecule has 3 aromatic carbocycles. The Morgan fingerprint density at radius 2 is 1.79 bits per heavy atom. The highest BCUT2D eigenvalue weighted by atomic mass is 35.5. The van der Waals surface area contributed by atoms with Gasteiger partial charge in [-0.3, -0.25) is 19.5 Å². The quantitative estimate of drug-likeness (QED) is 0.218. The molecule has 0 aromatic heterocycles. The largest absolute Gasteiger partial charge is 0.480 e. The van der Waals surface area contributed by atoms with Crippen molar-refractivity contribution in [2.45, 2.75) is 50.7 Å². The highest BCUT2D eigenvalue weighted by Gasteiger charge is 2.43. The number of anilines is 1. The molecule has 0 bridgehead atoms. The first-order valence-electron chi connectivity index (χ1n) is 13.4. The molecule has 220 valence electrons. The van der Waals surface area contributed by atoms with Crippen LogP contribution in [0.4, 0.5) is 5.69 Å². The summed E-state index contributed by atoms with van der Waals surface area (Å²) in [6.45, 7) is 3.12. The van der Waals surface area contributed by atoms with Crippen molar-refractivity contribution < 1.29 is 19.5 Å². The Bertz CT molecular complexity index is 1520. The van der Waals surface area contributed by atoms with E-state index in [2.05, 4.69) is 15.2 Å². The average Bonchev–Trinajstić information content (AvgIpc) is 3.33. The summed E-state index contributed by atoms with van der Waals surface area (Å²) in [6, 6.07) is 18.2. The van der Waals surface area contributed by atoms with E-state index in [4.69, 9.17) is 40.5 Å². The molecule has 1 aliphatic rings. The normalized spacial score (nSPS) is 18.0. The van der Waals surface area contributed by atoms with Gasteiger partial charge in [0.1, 0.15) is 6.04 Å². The van der Waals surface area contributed by atoms with Crippen LogP contribution in [0.5, 0.6) is 0 Å². The summed E-state index contributed by atoms with van der Waals surface area (Å²) in [7, 11) is 0. The van der Waals surface area contributed by atoms with Gasteiger partial charge in [0.15, 0.2) is 0 Å². The van der Waals surface area contributed by atoms with Gasteiger partial charge in [-0.25, -0.2) is 4.79 Å². The fourth-order valence-electron chi connectivity index (χ4n) is 5.04. The molecule has 2 amide bonds. The van der Waals surface area contributed by atoms with Crippen LogP contribution in [0.1, 0.15) is 49.3 Å². The van der Waals surface area contributed by atoms with Gasteiger partial charge in [-0.05, 0) is 68.6 Å². The van der Waals surface area contributed by atoms with Crippen molar-refractivity contribution in [2.75, 3.05) is 11.9 Å². The van der Waals surface area contributed by atoms with Gasteiger partial charge in [-0.2, -0.15) is 0 Å². The standard InChI is InChI=1S/C31H31Cl3N4O4/c1-31(14-5-15-38(31)18-19-8-10-23(33)24(34)16-19)30(42)37-25-11-9-21(32)17-22(25)28(20-6-3-2-4-7-20)36-26(29(40)41)12-13-27(35)39/h2-4,6-11,16-17,26H,5,12-15,18H2,1H3,(H2,35,39)(H,37,42)(H,40,41)/t26-,31+/m1/s1. The van der Waals surface area contributed by atoms with Crippen molar-refractivity contribution in [1.82, 2.24) is 4.90 Å². The maximum absolute atomic E-state index is 13.9. The predicted octanol–water partition coefficient (Wildman–Crippen LogP) is 6.20. The average molecular weight is 630 g/mol. The summed E-state index contributed by atoms with van der Waals surface area (Å²) in [5.41, 5.74) is 7.19. The van der Waals surface area contributed by atoms with Gasteiger partial charge in [-0.15, -0.1) is 0 Å². The number of rotatable bonds is 11. The van der Waals surface area contributed by atoms with Crippen LogP contribution in [-0.2, 0) is 20.9 Å². The van der Waals surface area contributed by atoms with E-state index in [0.717, 1.165) is 12.0 Å². The van der Waals surface area contributed by atoms with E-state index in [1.807, 2.05) is 19.1 Å². The number of likely N-dealkylation sites (tertiary alicyclic amines) is 1. The van der Waals surface area contributed by atoms with Crippen molar-refractivity contribution in [3.05, 3.63) is 98.5 Å². The highest BCUT2D eigenvalue weighted by molar-refractivity contribution is 6.42. The molecule has 4 N–H and O–H groups in total. The molecule has 2 atom stereocenters. The van der Waals surface area contributed by atoms with Crippen molar-refractivity contribution in [3.63, 3.8) is 0 Å². The van der Waals surface area contributed by atoms with Crippen molar-refractivity contribution in [3.8, 4) is 0 Å². The molecule has 0 saturated carbocycles. The summed E-state index contributed by atoms with van der Waals surface area (Å²) >= 11 is 18.7. The summed E-state index contributed by atoms with van der Waals surface area (Å²) in [5, 5.41) is 14.2. The lowest BCUT2D eigenvalue weighted by atomic mass is 9.95. The molecule has 3 aromatic rings. The van der Waals surface area contributed by atoms with Gasteiger partial charge in [0.2, 0.25) is 11.8 Å². The van der Waals surface area contributed by atoms with Gasteiger partial charge in [0.25, 0.3) is 0 Å². The molecule has 1 fully saturated rings. The Labute approximate surface area is 259 Å². The number of aliphatic imine (C=N–C) groups is 1. The number of hydrogen-bond acceptors (Lipinski definition) is 5. The number of hydrogen-bond donors (Lipinski definition) is 3. The fraction of sp³-hybridized carbons (Fsp3) is 0.290. The lowest BCUT2D eigenvalue weighted by Gasteiger charge is -2.34. The van der Waals surface area contributed by atoms with E-state index >= 15 is 0 Å². The number of carbonyl (C=O) groups excluding carboxylic acids is 2. The molecule has 1 aliphatic heterocycles. The maximum Gasteiger partial charge on any atom is 0.328 e. The van der Waals surface area contributed by atoms with Crippen LogP contribution in [-0.4, -0.2) is 51.6 Å². The van der Waals surface area contributed by atoms with Gasteiger partial charge in [0, 0.05) is 29.1 Å². The predicted molar refractivity (Wildman–Crippen MR) is 167 cm³/mol. The zero-order valence-corrected chi connectivity index (χ0v) is 25.2. The van der Waals surface area contributed by atoms with Gasteiger partial charge in [0.05, 0.1) is 27.0 Å². The van der Waals surface area contributed by atoms with Crippen molar-refractivity contribution in [2.24, 2.45) is 10.7 Å². The van der Waals surface area contributed by atoms with E-state index in [-0.39, 0.29) is 18.7 Å². The molecule has 42 heavy (non-hydrogen) atoms. The monoisotopic (exact) mass is 628 g/mol. The third-order valence-corrected chi connectivity index (χ3v) is 8.38. The topological polar surface area (TPSA) is 125 Å². The number of nitrogens with one attached hydrogen (secondary N) is 1. The second-order valence-corrected chi connectivity index (χ2v) is 11.6. The maximum atomic E-state index is 13.9. The summed E-state index contributed by atoms with van der Waals surface area (Å²) in [6.07, 6.45) is 1.24. The van der Waals surface area contributed by atoms with Crippen LogP contribution in [0.3, 0.4) is 0 Å². The van der Waals surface area contributed by atoms with Crippen LogP contribution in [0.25, 0.3) is 0 Å². The molecule has 0 radical (unpaired) electrons. The number of primary amides is 1. The number of nitrogens with zero attached hydrogens (tertiary/aromatic N) is 2. The lowest BCUT2D eigenvalue weighted by molar-refractivity contribution is -0.138. The van der Waals surface area contributed by atoms with Crippen molar-refractivity contribution in [1.29, 1.82) is 0 Å². The number of carboxylic acid groups (broad SMARTS) is 1. The Morgan fingerprint density at radius 3 is 2.45 bits per heavy atom. The summed E-state index contributed by atoms with van der Waals surface area (Å²) in [5.74, 6) is -2.04. The molecule has 11 heteroatoms. The second kappa shape index (κ2) is 13.7. The van der Waals surface area contributed by atoms with E-state index in [9.17, 15) is 19.5 Å². The molecule has 0 unspecified atom stereocenters. The Kier molecular flexibility index (Phi) is 10.3. The molecule has 0 spiro atoms. The molecule has 0 aliphatic carbocycles. The molecule has 4 rings (SSSR count). The van der Waals surface area contributed by atoms with Crippen LogP contribution in [0, 0.1) is 0 Å². The Hall–Kier alpha value is -3.43. The number of amides is 2. The second-order valence-electron chi connectivity index (χ2n) is 10.4. The van der Waals surface area contributed by atoms with E-state index in [1.54, 1.807) is 54.6 Å². The Morgan fingerprint density at radius 1 is 1.05 bits per heavy atom. The van der Waals surface area contributed by atoms with E-state index < -0.39 is 23.5 Å². The third kappa shape index (κ3) is 7.50. The minimum atomic E-state index is -1.25. The SMILES string of the molecule is C[C@@]1(C(=O)Nc2ccc(Cl)cc2C(=N[C@H](CCC(N)=O)C(=O)O)c2ccccc2)CCCN1Cc1ccc(Cl)c(Cl)c1. The first-order chi connectivity index (χ1) is 20.0.